The highest BCUT2D eigenvalue weighted by atomic mass is 32.1. The van der Waals surface area contributed by atoms with E-state index in [1.807, 2.05) is 6.07 Å². The van der Waals surface area contributed by atoms with Gasteiger partial charge in [-0.3, -0.25) is 4.90 Å². The molecule has 1 fully saturated rings. The van der Waals surface area contributed by atoms with Gasteiger partial charge in [-0.05, 0) is 49.5 Å². The zero-order valence-electron chi connectivity index (χ0n) is 13.4. The first-order chi connectivity index (χ1) is 11.6. The van der Waals surface area contributed by atoms with Gasteiger partial charge in [0.05, 0.1) is 10.9 Å². The fraction of sp³-hybridized carbons (Fsp3) is 0.412. The van der Waals surface area contributed by atoms with Crippen molar-refractivity contribution in [2.24, 2.45) is 5.92 Å². The Morgan fingerprint density at radius 2 is 2.12 bits per heavy atom. The molecule has 2 aromatic heterocycles. The summed E-state index contributed by atoms with van der Waals surface area (Å²) in [5.74, 6) is 0.535. The van der Waals surface area contributed by atoms with Crippen molar-refractivity contribution in [2.45, 2.75) is 25.8 Å². The Kier molecular flexibility index (Phi) is 3.97. The van der Waals surface area contributed by atoms with Crippen molar-refractivity contribution in [3.63, 3.8) is 0 Å². The number of rotatable bonds is 3. The van der Waals surface area contributed by atoms with Gasteiger partial charge in [-0.25, -0.2) is 9.37 Å². The summed E-state index contributed by atoms with van der Waals surface area (Å²) in [4.78, 5) is 7.90. The maximum atomic E-state index is 13.8. The molecule has 1 aliphatic rings. The van der Waals surface area contributed by atoms with E-state index in [-0.39, 0.29) is 17.7 Å². The van der Waals surface area contributed by atoms with E-state index in [1.165, 1.54) is 28.2 Å². The molecule has 4 rings (SSSR count). The normalized spacial score (nSPS) is 18.2. The number of piperidine rings is 1. The van der Waals surface area contributed by atoms with Crippen LogP contribution in [0.4, 0.5) is 4.39 Å². The minimum absolute atomic E-state index is 0.0976. The van der Waals surface area contributed by atoms with Gasteiger partial charge in [0.1, 0.15) is 12.1 Å². The summed E-state index contributed by atoms with van der Waals surface area (Å²) < 4.78 is 15.3. The minimum Gasteiger partial charge on any atom is -0.492 e. The first-order valence-electron chi connectivity index (χ1n) is 8.14. The fourth-order valence-electron chi connectivity index (χ4n) is 3.36. The highest BCUT2D eigenvalue weighted by molar-refractivity contribution is 7.17. The van der Waals surface area contributed by atoms with Crippen molar-refractivity contribution in [2.75, 3.05) is 13.1 Å². The Labute approximate surface area is 143 Å². The highest BCUT2D eigenvalue weighted by Gasteiger charge is 2.31. The van der Waals surface area contributed by atoms with Crippen LogP contribution in [0, 0.1) is 11.7 Å². The minimum atomic E-state index is -0.262. The molecule has 3 aromatic rings. The van der Waals surface area contributed by atoms with Crippen LogP contribution in [0.3, 0.4) is 0 Å². The third kappa shape index (κ3) is 2.67. The Balaban J connectivity index is 1.80. The van der Waals surface area contributed by atoms with Crippen molar-refractivity contribution in [3.05, 3.63) is 46.9 Å². The zero-order chi connectivity index (χ0) is 16.7. The van der Waals surface area contributed by atoms with Crippen molar-refractivity contribution >= 4 is 16.3 Å². The number of hydrogen-bond acceptors (Lipinski definition) is 5. The fourth-order valence-corrected chi connectivity index (χ4v) is 4.45. The molecule has 3 heterocycles. The van der Waals surface area contributed by atoms with Gasteiger partial charge in [0, 0.05) is 0 Å². The van der Waals surface area contributed by atoms with E-state index >= 15 is 0 Å². The van der Waals surface area contributed by atoms with Gasteiger partial charge in [-0.2, -0.15) is 9.61 Å². The monoisotopic (exact) mass is 346 g/mol. The van der Waals surface area contributed by atoms with Gasteiger partial charge in [0.2, 0.25) is 10.8 Å². The average molecular weight is 346 g/mol. The number of benzene rings is 1. The van der Waals surface area contributed by atoms with Gasteiger partial charge >= 0.3 is 0 Å². The smallest absolute Gasteiger partial charge is 0.230 e. The van der Waals surface area contributed by atoms with E-state index in [9.17, 15) is 9.50 Å². The number of fused-ring (bicyclic) bond motifs is 1. The molecule has 24 heavy (non-hydrogen) atoms. The molecule has 1 saturated heterocycles. The molecule has 0 aliphatic carbocycles. The summed E-state index contributed by atoms with van der Waals surface area (Å²) in [5.41, 5.74) is 0.851. The predicted octanol–water partition coefficient (Wildman–Crippen LogP) is 3.46. The van der Waals surface area contributed by atoms with Gasteiger partial charge in [-0.1, -0.05) is 30.4 Å². The molecule has 0 radical (unpaired) electrons. The summed E-state index contributed by atoms with van der Waals surface area (Å²) in [6.07, 6.45) is 3.63. The van der Waals surface area contributed by atoms with Crippen LogP contribution >= 0.6 is 11.3 Å². The van der Waals surface area contributed by atoms with Crippen molar-refractivity contribution in [3.8, 4) is 5.88 Å². The number of aromatic hydroxyl groups is 1. The van der Waals surface area contributed by atoms with Gasteiger partial charge in [0.15, 0.2) is 0 Å². The average Bonchev–Trinajstić information content (AvgIpc) is 3.14. The topological polar surface area (TPSA) is 53.7 Å². The van der Waals surface area contributed by atoms with E-state index < -0.39 is 0 Å². The second kappa shape index (κ2) is 6.14. The van der Waals surface area contributed by atoms with Crippen molar-refractivity contribution in [1.82, 2.24) is 19.5 Å². The van der Waals surface area contributed by atoms with Crippen LogP contribution in [0.1, 0.15) is 36.2 Å². The molecule has 0 spiro atoms. The number of aromatic nitrogens is 3. The number of halogens is 1. The Morgan fingerprint density at radius 3 is 2.83 bits per heavy atom. The standard InChI is InChI=1S/C17H19FN4OS/c1-11-5-7-21(8-6-11)14(12-3-2-4-13(18)9-12)15-16(23)22-17(24-15)19-10-20-22/h2-4,9-11,14,23H,5-8H2,1H3/t14-/m1/s1. The molecular weight excluding hydrogens is 327 g/mol. The zero-order valence-corrected chi connectivity index (χ0v) is 14.2. The van der Waals surface area contributed by atoms with Crippen LogP contribution in [-0.4, -0.2) is 37.7 Å². The molecule has 7 heteroatoms. The van der Waals surface area contributed by atoms with Crippen LogP contribution < -0.4 is 0 Å². The largest absolute Gasteiger partial charge is 0.492 e. The van der Waals surface area contributed by atoms with Gasteiger partial charge in [0.25, 0.3) is 0 Å². The first kappa shape index (κ1) is 15.5. The van der Waals surface area contributed by atoms with E-state index in [1.54, 1.807) is 12.1 Å². The van der Waals surface area contributed by atoms with E-state index in [2.05, 4.69) is 21.9 Å². The molecule has 126 valence electrons. The maximum absolute atomic E-state index is 13.8. The highest BCUT2D eigenvalue weighted by Crippen LogP contribution is 2.41. The maximum Gasteiger partial charge on any atom is 0.230 e. The number of hydrogen-bond donors (Lipinski definition) is 1. The Bertz CT molecular complexity index is 853. The molecule has 0 unspecified atom stereocenters. The third-order valence-corrected chi connectivity index (χ3v) is 5.82. The van der Waals surface area contributed by atoms with Gasteiger partial charge in [-0.15, -0.1) is 0 Å². The Hall–Kier alpha value is -1.99. The third-order valence-electron chi connectivity index (χ3n) is 4.73. The molecule has 1 aliphatic heterocycles. The van der Waals surface area contributed by atoms with Crippen LogP contribution in [-0.2, 0) is 0 Å². The molecule has 0 amide bonds. The van der Waals surface area contributed by atoms with Crippen LogP contribution in [0.25, 0.3) is 4.96 Å². The van der Waals surface area contributed by atoms with Crippen molar-refractivity contribution < 1.29 is 9.50 Å². The molecule has 1 aromatic carbocycles. The number of likely N-dealkylation sites (tertiary alicyclic amines) is 1. The summed E-state index contributed by atoms with van der Waals surface area (Å²) in [6, 6.07) is 6.46. The van der Waals surface area contributed by atoms with Crippen molar-refractivity contribution in [1.29, 1.82) is 0 Å². The van der Waals surface area contributed by atoms with E-state index in [0.29, 0.717) is 10.9 Å². The molecule has 0 bridgehead atoms. The summed E-state index contributed by atoms with van der Waals surface area (Å²) >= 11 is 1.41. The second-order valence-electron chi connectivity index (χ2n) is 6.42. The lowest BCUT2D eigenvalue weighted by Gasteiger charge is -2.36. The first-order valence-corrected chi connectivity index (χ1v) is 8.96. The Morgan fingerprint density at radius 1 is 1.33 bits per heavy atom. The summed E-state index contributed by atoms with van der Waals surface area (Å²) in [7, 11) is 0. The summed E-state index contributed by atoms with van der Waals surface area (Å²) in [5, 5.41) is 14.7. The number of nitrogens with zero attached hydrogens (tertiary/aromatic N) is 4. The molecule has 1 N–H and O–H groups in total. The molecule has 0 saturated carbocycles. The molecular formula is C17H19FN4OS. The SMILES string of the molecule is CC1CCN([C@H](c2cccc(F)c2)c2sc3ncnn3c2O)CC1. The predicted molar refractivity (Wildman–Crippen MR) is 90.7 cm³/mol. The molecule has 1 atom stereocenters. The lowest BCUT2D eigenvalue weighted by atomic mass is 9.95. The van der Waals surface area contributed by atoms with Crippen LogP contribution in [0.5, 0.6) is 5.88 Å². The summed E-state index contributed by atoms with van der Waals surface area (Å²) in [6.45, 7) is 4.11. The van der Waals surface area contributed by atoms with E-state index in [4.69, 9.17) is 0 Å². The van der Waals surface area contributed by atoms with Gasteiger partial charge < -0.3 is 5.11 Å². The van der Waals surface area contributed by atoms with Crippen LogP contribution in [0.2, 0.25) is 0 Å². The quantitative estimate of drug-likeness (QED) is 0.789. The lowest BCUT2D eigenvalue weighted by molar-refractivity contribution is 0.157. The number of thiazole rings is 1. The second-order valence-corrected chi connectivity index (χ2v) is 7.43. The van der Waals surface area contributed by atoms with E-state index in [0.717, 1.165) is 36.4 Å². The molecule has 5 nitrogen and oxygen atoms in total. The lowest BCUT2D eigenvalue weighted by Crippen LogP contribution is -2.36. The van der Waals surface area contributed by atoms with Crippen LogP contribution in [0.15, 0.2) is 30.6 Å².